The number of carbonyl (C=O) groups is 1. The lowest BCUT2D eigenvalue weighted by Crippen LogP contribution is -2.26. The number of nitrogens with zero attached hydrogens (tertiary/aromatic N) is 1. The van der Waals surface area contributed by atoms with Gasteiger partial charge in [0.2, 0.25) is 5.91 Å². The van der Waals surface area contributed by atoms with Gasteiger partial charge in [-0.15, -0.1) is 0 Å². The third-order valence-electron chi connectivity index (χ3n) is 2.06. The maximum atomic E-state index is 10.8. The molecular weight excluding hydrogens is 144 g/mol. The Balaban J connectivity index is 2.29. The summed E-state index contributed by atoms with van der Waals surface area (Å²) in [5.74, 6) is 5.50. The first-order valence-corrected chi connectivity index (χ1v) is 3.81. The van der Waals surface area contributed by atoms with Crippen LogP contribution in [0.3, 0.4) is 0 Å². The first kappa shape index (κ1) is 8.49. The lowest BCUT2D eigenvalue weighted by molar-refractivity contribution is -0.128. The Hall–Kier alpha value is -0.610. The zero-order chi connectivity index (χ0) is 8.27. The highest BCUT2D eigenvalue weighted by Gasteiger charge is 2.23. The van der Waals surface area contributed by atoms with E-state index in [4.69, 9.17) is 5.90 Å². The molecule has 0 aromatic heterocycles. The van der Waals surface area contributed by atoms with Gasteiger partial charge in [-0.2, -0.15) is 0 Å². The maximum Gasteiger partial charge on any atom is 0.219 e. The summed E-state index contributed by atoms with van der Waals surface area (Å²) in [7, 11) is 0. The van der Waals surface area contributed by atoms with Crippen LogP contribution < -0.4 is 5.90 Å². The van der Waals surface area contributed by atoms with Crippen molar-refractivity contribution in [3.63, 3.8) is 0 Å². The third kappa shape index (κ3) is 2.17. The second kappa shape index (κ2) is 3.69. The molecule has 11 heavy (non-hydrogen) atoms. The van der Waals surface area contributed by atoms with E-state index in [1.54, 1.807) is 6.92 Å². The average molecular weight is 158 g/mol. The Morgan fingerprint density at radius 2 is 2.55 bits per heavy atom. The van der Waals surface area contributed by atoms with E-state index in [1.165, 1.54) is 0 Å². The van der Waals surface area contributed by atoms with Crippen LogP contribution in [0.25, 0.3) is 0 Å². The lowest BCUT2D eigenvalue weighted by atomic mass is 10.1. The minimum Gasteiger partial charge on any atom is -0.343 e. The molecule has 1 unspecified atom stereocenters. The molecule has 0 saturated carbocycles. The molecule has 64 valence electrons. The summed E-state index contributed by atoms with van der Waals surface area (Å²) < 4.78 is 0. The second-order valence-corrected chi connectivity index (χ2v) is 2.95. The predicted molar refractivity (Wildman–Crippen MR) is 40.5 cm³/mol. The van der Waals surface area contributed by atoms with Gasteiger partial charge in [-0.05, 0) is 6.42 Å². The molecule has 4 heteroatoms. The fourth-order valence-electron chi connectivity index (χ4n) is 1.39. The molecule has 1 amide bonds. The van der Waals surface area contributed by atoms with Gasteiger partial charge in [0, 0.05) is 25.9 Å². The van der Waals surface area contributed by atoms with Crippen LogP contribution in [-0.2, 0) is 9.63 Å². The molecule has 0 radical (unpaired) electrons. The monoisotopic (exact) mass is 158 g/mol. The largest absolute Gasteiger partial charge is 0.343 e. The zero-order valence-corrected chi connectivity index (χ0v) is 6.75. The first-order chi connectivity index (χ1) is 5.24. The van der Waals surface area contributed by atoms with Crippen LogP contribution in [0.1, 0.15) is 13.3 Å². The van der Waals surface area contributed by atoms with Gasteiger partial charge < -0.3 is 9.74 Å². The van der Waals surface area contributed by atoms with Crippen LogP contribution >= 0.6 is 0 Å². The van der Waals surface area contributed by atoms with E-state index in [0.717, 1.165) is 19.5 Å². The SMILES string of the molecule is CC(=O)N1CCC(CON)C1. The van der Waals surface area contributed by atoms with Crippen molar-refractivity contribution in [1.82, 2.24) is 4.90 Å². The van der Waals surface area contributed by atoms with Crippen molar-refractivity contribution < 1.29 is 9.63 Å². The summed E-state index contributed by atoms with van der Waals surface area (Å²) in [5, 5.41) is 0. The molecule has 1 saturated heterocycles. The van der Waals surface area contributed by atoms with Gasteiger partial charge in [-0.1, -0.05) is 0 Å². The number of amides is 1. The van der Waals surface area contributed by atoms with Crippen LogP contribution in [0.5, 0.6) is 0 Å². The second-order valence-electron chi connectivity index (χ2n) is 2.95. The van der Waals surface area contributed by atoms with Crippen molar-refractivity contribution in [2.45, 2.75) is 13.3 Å². The number of hydrogen-bond acceptors (Lipinski definition) is 3. The highest BCUT2D eigenvalue weighted by atomic mass is 16.6. The highest BCUT2D eigenvalue weighted by Crippen LogP contribution is 2.15. The normalized spacial score (nSPS) is 24.2. The van der Waals surface area contributed by atoms with Gasteiger partial charge in [0.25, 0.3) is 0 Å². The van der Waals surface area contributed by atoms with Gasteiger partial charge in [-0.3, -0.25) is 4.79 Å². The van der Waals surface area contributed by atoms with E-state index in [9.17, 15) is 4.79 Å². The first-order valence-electron chi connectivity index (χ1n) is 3.81. The molecule has 0 aromatic rings. The Kier molecular flexibility index (Phi) is 2.84. The summed E-state index contributed by atoms with van der Waals surface area (Å²) in [4.78, 5) is 17.2. The molecule has 1 aliphatic heterocycles. The van der Waals surface area contributed by atoms with Crippen LogP contribution in [0.15, 0.2) is 0 Å². The maximum absolute atomic E-state index is 10.8. The zero-order valence-electron chi connectivity index (χ0n) is 6.75. The molecule has 2 N–H and O–H groups in total. The molecule has 4 nitrogen and oxygen atoms in total. The molecule has 0 spiro atoms. The summed E-state index contributed by atoms with van der Waals surface area (Å²) in [6.07, 6.45) is 1.01. The lowest BCUT2D eigenvalue weighted by Gasteiger charge is -2.12. The van der Waals surface area contributed by atoms with Crippen LogP contribution in [0, 0.1) is 5.92 Å². The van der Waals surface area contributed by atoms with Crippen molar-refractivity contribution in [3.8, 4) is 0 Å². The number of nitrogens with two attached hydrogens (primary N) is 1. The van der Waals surface area contributed by atoms with Crippen LogP contribution in [0.4, 0.5) is 0 Å². The molecule has 0 aliphatic carbocycles. The minimum atomic E-state index is 0.143. The van der Waals surface area contributed by atoms with E-state index in [0.29, 0.717) is 12.5 Å². The Labute approximate surface area is 66.3 Å². The van der Waals surface area contributed by atoms with Crippen molar-refractivity contribution >= 4 is 5.91 Å². The fourth-order valence-corrected chi connectivity index (χ4v) is 1.39. The summed E-state index contributed by atoms with van der Waals surface area (Å²) in [6.45, 7) is 3.80. The van der Waals surface area contributed by atoms with E-state index >= 15 is 0 Å². The van der Waals surface area contributed by atoms with Crippen LogP contribution in [-0.4, -0.2) is 30.5 Å². The third-order valence-corrected chi connectivity index (χ3v) is 2.06. The van der Waals surface area contributed by atoms with Crippen LogP contribution in [0.2, 0.25) is 0 Å². The predicted octanol–water partition coefficient (Wildman–Crippen LogP) is -0.255. The van der Waals surface area contributed by atoms with Crippen molar-refractivity contribution in [2.75, 3.05) is 19.7 Å². The number of carbonyl (C=O) groups excluding carboxylic acids is 1. The number of hydrogen-bond donors (Lipinski definition) is 1. The molecule has 1 rings (SSSR count). The van der Waals surface area contributed by atoms with Crippen molar-refractivity contribution in [1.29, 1.82) is 0 Å². The molecule has 0 bridgehead atoms. The van der Waals surface area contributed by atoms with E-state index < -0.39 is 0 Å². The molecule has 1 atom stereocenters. The van der Waals surface area contributed by atoms with Crippen molar-refractivity contribution in [2.24, 2.45) is 11.8 Å². The standard InChI is InChI=1S/C7H14N2O2/c1-6(10)9-3-2-7(4-9)5-11-8/h7H,2-5,8H2,1H3. The molecule has 1 aliphatic rings. The van der Waals surface area contributed by atoms with E-state index in [1.807, 2.05) is 4.90 Å². The highest BCUT2D eigenvalue weighted by molar-refractivity contribution is 5.73. The molecule has 1 heterocycles. The summed E-state index contributed by atoms with van der Waals surface area (Å²) >= 11 is 0. The molecular formula is C7H14N2O2. The minimum absolute atomic E-state index is 0.143. The van der Waals surface area contributed by atoms with Gasteiger partial charge >= 0.3 is 0 Å². The Morgan fingerprint density at radius 1 is 1.82 bits per heavy atom. The van der Waals surface area contributed by atoms with Gasteiger partial charge in [0.05, 0.1) is 6.61 Å². The summed E-state index contributed by atoms with van der Waals surface area (Å²) in [6, 6.07) is 0. The quantitative estimate of drug-likeness (QED) is 0.563. The molecule has 0 aromatic carbocycles. The Bertz CT molecular complexity index is 149. The van der Waals surface area contributed by atoms with Crippen molar-refractivity contribution in [3.05, 3.63) is 0 Å². The van der Waals surface area contributed by atoms with E-state index in [-0.39, 0.29) is 5.91 Å². The van der Waals surface area contributed by atoms with Gasteiger partial charge in [-0.25, -0.2) is 5.90 Å². The topological polar surface area (TPSA) is 55.6 Å². The van der Waals surface area contributed by atoms with Gasteiger partial charge in [0.1, 0.15) is 0 Å². The van der Waals surface area contributed by atoms with E-state index in [2.05, 4.69) is 4.84 Å². The Morgan fingerprint density at radius 3 is 3.00 bits per heavy atom. The molecule has 1 fully saturated rings. The summed E-state index contributed by atoms with van der Waals surface area (Å²) in [5.41, 5.74) is 0. The van der Waals surface area contributed by atoms with Gasteiger partial charge in [0.15, 0.2) is 0 Å². The number of likely N-dealkylation sites (tertiary alicyclic amines) is 1. The average Bonchev–Trinajstić information content (AvgIpc) is 2.37. The smallest absolute Gasteiger partial charge is 0.219 e. The number of rotatable bonds is 2. The fraction of sp³-hybridized carbons (Fsp3) is 0.857.